The highest BCUT2D eigenvalue weighted by Gasteiger charge is 2.10. The van der Waals surface area contributed by atoms with E-state index in [1.807, 2.05) is 17.5 Å². The summed E-state index contributed by atoms with van der Waals surface area (Å²) in [5.74, 6) is 0.250. The van der Waals surface area contributed by atoms with Gasteiger partial charge in [-0.1, -0.05) is 35.0 Å². The number of nitrogens with zero attached hydrogens (tertiary/aromatic N) is 2. The molecule has 23 heavy (non-hydrogen) atoms. The number of carbonyl (C=O) groups is 1. The van der Waals surface area contributed by atoms with Gasteiger partial charge in [-0.2, -0.15) is 4.98 Å². The second kappa shape index (κ2) is 7.21. The molecule has 0 amide bonds. The standard InChI is InChI=1S/C16H11ClN2O3S/c17-12-6-3-11(4-7-12)5-8-15(20)21-10-14-18-16(19-22-14)13-2-1-9-23-13/h1-9H,10H2/b8-5+. The largest absolute Gasteiger partial charge is 0.452 e. The molecule has 7 heteroatoms. The molecule has 0 aliphatic carbocycles. The van der Waals surface area contributed by atoms with E-state index in [4.69, 9.17) is 20.9 Å². The van der Waals surface area contributed by atoms with E-state index in [2.05, 4.69) is 10.1 Å². The third kappa shape index (κ3) is 4.28. The van der Waals surface area contributed by atoms with Crippen LogP contribution in [0.15, 0.2) is 52.4 Å². The number of rotatable bonds is 5. The van der Waals surface area contributed by atoms with Crippen molar-refractivity contribution in [2.75, 3.05) is 0 Å². The minimum atomic E-state index is -0.490. The van der Waals surface area contributed by atoms with Crippen molar-refractivity contribution in [2.24, 2.45) is 0 Å². The van der Waals surface area contributed by atoms with Crippen LogP contribution in [0.1, 0.15) is 11.5 Å². The maximum atomic E-state index is 11.7. The first kappa shape index (κ1) is 15.5. The highest BCUT2D eigenvalue weighted by molar-refractivity contribution is 7.13. The van der Waals surface area contributed by atoms with Gasteiger partial charge in [0.1, 0.15) is 0 Å². The first-order valence-corrected chi connectivity index (χ1v) is 7.93. The molecule has 0 radical (unpaired) electrons. The lowest BCUT2D eigenvalue weighted by molar-refractivity contribution is -0.139. The van der Waals surface area contributed by atoms with E-state index < -0.39 is 5.97 Å². The Morgan fingerprint density at radius 3 is 2.87 bits per heavy atom. The van der Waals surface area contributed by atoms with E-state index in [1.54, 1.807) is 30.3 Å². The highest BCUT2D eigenvalue weighted by atomic mass is 35.5. The molecule has 0 atom stereocenters. The summed E-state index contributed by atoms with van der Waals surface area (Å²) < 4.78 is 10.1. The average Bonchev–Trinajstić information content (AvgIpc) is 3.23. The minimum Gasteiger partial charge on any atom is -0.452 e. The maximum absolute atomic E-state index is 11.7. The van der Waals surface area contributed by atoms with Crippen LogP contribution < -0.4 is 0 Å². The molecular weight excluding hydrogens is 336 g/mol. The van der Waals surface area contributed by atoms with Gasteiger partial charge in [-0.05, 0) is 35.2 Å². The molecule has 0 fully saturated rings. The number of halogens is 1. The van der Waals surface area contributed by atoms with Gasteiger partial charge in [-0.3, -0.25) is 0 Å². The molecule has 5 nitrogen and oxygen atoms in total. The van der Waals surface area contributed by atoms with Crippen molar-refractivity contribution in [3.63, 3.8) is 0 Å². The normalized spacial score (nSPS) is 11.0. The highest BCUT2D eigenvalue weighted by Crippen LogP contribution is 2.21. The molecular formula is C16H11ClN2O3S. The summed E-state index contributed by atoms with van der Waals surface area (Å²) >= 11 is 7.30. The van der Waals surface area contributed by atoms with Gasteiger partial charge in [0.2, 0.25) is 5.82 Å². The summed E-state index contributed by atoms with van der Waals surface area (Å²) in [4.78, 5) is 16.7. The third-order valence-corrected chi connectivity index (χ3v) is 3.95. The summed E-state index contributed by atoms with van der Waals surface area (Å²) in [5, 5.41) is 6.41. The molecule has 0 unspecified atom stereocenters. The molecule has 2 aromatic heterocycles. The summed E-state index contributed by atoms with van der Waals surface area (Å²) in [6, 6.07) is 10.9. The number of hydrogen-bond donors (Lipinski definition) is 0. The van der Waals surface area contributed by atoms with Crippen molar-refractivity contribution in [3.8, 4) is 10.7 Å². The van der Waals surface area contributed by atoms with Gasteiger partial charge >= 0.3 is 5.97 Å². The number of ether oxygens (including phenoxy) is 1. The Hall–Kier alpha value is -2.44. The van der Waals surface area contributed by atoms with Gasteiger partial charge in [-0.15, -0.1) is 11.3 Å². The molecule has 3 rings (SSSR count). The average molecular weight is 347 g/mol. The van der Waals surface area contributed by atoms with Crippen LogP contribution in [0.3, 0.4) is 0 Å². The van der Waals surface area contributed by atoms with E-state index in [9.17, 15) is 4.79 Å². The molecule has 0 bridgehead atoms. The van der Waals surface area contributed by atoms with Crippen molar-refractivity contribution < 1.29 is 14.1 Å². The van der Waals surface area contributed by atoms with Crippen molar-refractivity contribution in [3.05, 3.63) is 64.3 Å². The van der Waals surface area contributed by atoms with E-state index in [1.165, 1.54) is 17.4 Å². The van der Waals surface area contributed by atoms with Gasteiger partial charge < -0.3 is 9.26 Å². The fourth-order valence-electron chi connectivity index (χ4n) is 1.74. The van der Waals surface area contributed by atoms with Gasteiger partial charge in [0.05, 0.1) is 4.88 Å². The van der Waals surface area contributed by atoms with Crippen LogP contribution in [0, 0.1) is 0 Å². The quantitative estimate of drug-likeness (QED) is 0.511. The lowest BCUT2D eigenvalue weighted by Gasteiger charge is -1.97. The zero-order chi connectivity index (χ0) is 16.1. The predicted molar refractivity (Wildman–Crippen MR) is 87.9 cm³/mol. The van der Waals surface area contributed by atoms with Gasteiger partial charge in [-0.25, -0.2) is 4.79 Å². The molecule has 0 aliphatic heterocycles. The first-order valence-electron chi connectivity index (χ1n) is 6.67. The second-order valence-electron chi connectivity index (χ2n) is 4.48. The monoisotopic (exact) mass is 346 g/mol. The van der Waals surface area contributed by atoms with Crippen LogP contribution in [-0.4, -0.2) is 16.1 Å². The number of thiophene rings is 1. The van der Waals surface area contributed by atoms with E-state index >= 15 is 0 Å². The van der Waals surface area contributed by atoms with Gasteiger partial charge in [0.25, 0.3) is 5.89 Å². The Balaban J connectivity index is 1.54. The Kier molecular flexibility index (Phi) is 4.85. The Morgan fingerprint density at radius 1 is 1.30 bits per heavy atom. The topological polar surface area (TPSA) is 65.2 Å². The summed E-state index contributed by atoms with van der Waals surface area (Å²) in [5.41, 5.74) is 0.851. The van der Waals surface area contributed by atoms with Crippen molar-refractivity contribution in [2.45, 2.75) is 6.61 Å². The fourth-order valence-corrected chi connectivity index (χ4v) is 2.51. The minimum absolute atomic E-state index is 0.0673. The van der Waals surface area contributed by atoms with E-state index in [-0.39, 0.29) is 12.5 Å². The molecule has 0 saturated heterocycles. The van der Waals surface area contributed by atoms with Crippen molar-refractivity contribution >= 4 is 35.0 Å². The molecule has 0 saturated carbocycles. The van der Waals surface area contributed by atoms with Crippen LogP contribution >= 0.6 is 22.9 Å². The smallest absolute Gasteiger partial charge is 0.331 e. The van der Waals surface area contributed by atoms with E-state index in [0.29, 0.717) is 10.8 Å². The molecule has 116 valence electrons. The molecule has 3 aromatic rings. The molecule has 0 N–H and O–H groups in total. The number of benzene rings is 1. The number of hydrogen-bond acceptors (Lipinski definition) is 6. The Morgan fingerprint density at radius 2 is 2.13 bits per heavy atom. The van der Waals surface area contributed by atoms with Gasteiger partial charge in [0, 0.05) is 11.1 Å². The van der Waals surface area contributed by atoms with Gasteiger partial charge in [0.15, 0.2) is 6.61 Å². The summed E-state index contributed by atoms with van der Waals surface area (Å²) in [6.07, 6.45) is 2.98. The van der Waals surface area contributed by atoms with Crippen LogP contribution in [0.2, 0.25) is 5.02 Å². The zero-order valence-corrected chi connectivity index (χ0v) is 13.4. The number of aromatic nitrogens is 2. The van der Waals surface area contributed by atoms with Crippen LogP contribution in [-0.2, 0) is 16.1 Å². The molecule has 0 aliphatic rings. The Bertz CT molecular complexity index is 810. The Labute approximate surface area is 141 Å². The van der Waals surface area contributed by atoms with Crippen LogP contribution in [0.25, 0.3) is 16.8 Å². The second-order valence-corrected chi connectivity index (χ2v) is 5.87. The maximum Gasteiger partial charge on any atom is 0.331 e. The fraction of sp³-hybridized carbons (Fsp3) is 0.0625. The van der Waals surface area contributed by atoms with Crippen molar-refractivity contribution in [1.29, 1.82) is 0 Å². The van der Waals surface area contributed by atoms with Crippen LogP contribution in [0.5, 0.6) is 0 Å². The first-order chi connectivity index (χ1) is 11.2. The number of esters is 1. The zero-order valence-electron chi connectivity index (χ0n) is 11.8. The number of carbonyl (C=O) groups excluding carboxylic acids is 1. The predicted octanol–water partition coefficient (Wildman–Crippen LogP) is 4.21. The lowest BCUT2D eigenvalue weighted by atomic mass is 10.2. The molecule has 1 aromatic carbocycles. The molecule has 2 heterocycles. The summed E-state index contributed by atoms with van der Waals surface area (Å²) in [7, 11) is 0. The van der Waals surface area contributed by atoms with Crippen LogP contribution in [0.4, 0.5) is 0 Å². The summed E-state index contributed by atoms with van der Waals surface area (Å²) in [6.45, 7) is -0.0673. The molecule has 0 spiro atoms. The van der Waals surface area contributed by atoms with Crippen molar-refractivity contribution in [1.82, 2.24) is 10.1 Å². The SMILES string of the molecule is O=C(/C=C/c1ccc(Cl)cc1)OCc1nc(-c2cccs2)no1. The van der Waals surface area contributed by atoms with E-state index in [0.717, 1.165) is 10.4 Å². The lowest BCUT2D eigenvalue weighted by Crippen LogP contribution is -2.00. The third-order valence-electron chi connectivity index (χ3n) is 2.83.